The third-order valence-electron chi connectivity index (χ3n) is 1.64. The second kappa shape index (κ2) is 2.85. The van der Waals surface area contributed by atoms with E-state index in [1.807, 2.05) is 6.92 Å². The molecule has 0 saturated carbocycles. The van der Waals surface area contributed by atoms with Crippen LogP contribution in [0, 0.1) is 0 Å². The normalized spacial score (nSPS) is 10.9. The van der Waals surface area contributed by atoms with E-state index < -0.39 is 0 Å². The molecule has 13 heavy (non-hydrogen) atoms. The zero-order valence-corrected chi connectivity index (χ0v) is 7.69. The maximum Gasteiger partial charge on any atom is 0.244 e. The molecule has 2 heterocycles. The Morgan fingerprint density at radius 2 is 2.46 bits per heavy atom. The molecule has 0 aliphatic carbocycles. The van der Waals surface area contributed by atoms with Gasteiger partial charge >= 0.3 is 0 Å². The molecule has 0 bridgehead atoms. The van der Waals surface area contributed by atoms with Crippen LogP contribution in [0.4, 0.5) is 0 Å². The van der Waals surface area contributed by atoms with Gasteiger partial charge in [0, 0.05) is 0 Å². The third-order valence-corrected chi connectivity index (χ3v) is 1.90. The molecule has 70 valence electrons. The van der Waals surface area contributed by atoms with Crippen LogP contribution in [0.2, 0.25) is 5.15 Å². The van der Waals surface area contributed by atoms with E-state index in [1.54, 1.807) is 4.40 Å². The predicted octanol–water partition coefficient (Wildman–Crippen LogP) is 0.943. The fourth-order valence-corrected chi connectivity index (χ4v) is 1.37. The van der Waals surface area contributed by atoms with Crippen molar-refractivity contribution in [2.24, 2.45) is 0 Å². The minimum absolute atomic E-state index is 0.00106. The molecule has 0 aliphatic rings. The van der Waals surface area contributed by atoms with Gasteiger partial charge < -0.3 is 9.94 Å². The van der Waals surface area contributed by atoms with E-state index in [-0.39, 0.29) is 5.88 Å². The summed E-state index contributed by atoms with van der Waals surface area (Å²) in [6, 6.07) is 0. The van der Waals surface area contributed by atoms with Crippen LogP contribution in [0.1, 0.15) is 6.92 Å². The number of rotatable bonds is 2. The number of aromatic nitrogens is 3. The highest BCUT2D eigenvalue weighted by Crippen LogP contribution is 2.21. The van der Waals surface area contributed by atoms with E-state index in [0.717, 1.165) is 0 Å². The molecule has 6 heteroatoms. The van der Waals surface area contributed by atoms with E-state index in [2.05, 4.69) is 4.98 Å². The highest BCUT2D eigenvalue weighted by atomic mass is 35.5. The van der Waals surface area contributed by atoms with Crippen molar-refractivity contribution in [1.82, 2.24) is 14.1 Å². The van der Waals surface area contributed by atoms with Crippen LogP contribution < -0.4 is 4.84 Å². The van der Waals surface area contributed by atoms with Gasteiger partial charge in [-0.1, -0.05) is 11.6 Å². The lowest BCUT2D eigenvalue weighted by atomic mass is 10.8. The average Bonchev–Trinajstić information content (AvgIpc) is 2.57. The van der Waals surface area contributed by atoms with E-state index in [1.165, 1.54) is 17.3 Å². The monoisotopic (exact) mass is 201 g/mol. The molecule has 0 atom stereocenters. The standard InChI is InChI=1S/C7H8ClN3O2/c1-2-13-11-5(12)3-10-4-9-6(8)7(10)11/h3-4,12H,2H2,1H3. The number of aromatic hydroxyl groups is 1. The van der Waals surface area contributed by atoms with Gasteiger partial charge in [0.15, 0.2) is 10.8 Å². The highest BCUT2D eigenvalue weighted by molar-refractivity contribution is 6.32. The zero-order valence-electron chi connectivity index (χ0n) is 6.94. The number of hydrogen-bond donors (Lipinski definition) is 1. The molecule has 2 rings (SSSR count). The largest absolute Gasteiger partial charge is 0.491 e. The Labute approximate surface area is 79.1 Å². The number of hydrogen-bond acceptors (Lipinski definition) is 3. The Kier molecular flexibility index (Phi) is 1.81. The number of imidazole rings is 2. The van der Waals surface area contributed by atoms with Crippen molar-refractivity contribution >= 4 is 17.2 Å². The van der Waals surface area contributed by atoms with Crippen molar-refractivity contribution in [2.45, 2.75) is 6.92 Å². The summed E-state index contributed by atoms with van der Waals surface area (Å²) in [5, 5.41) is 9.71. The summed E-state index contributed by atoms with van der Waals surface area (Å²) in [6.07, 6.45) is 2.98. The van der Waals surface area contributed by atoms with Gasteiger partial charge in [-0.3, -0.25) is 4.40 Å². The summed E-state index contributed by atoms with van der Waals surface area (Å²) in [7, 11) is 0. The first kappa shape index (κ1) is 8.25. The zero-order chi connectivity index (χ0) is 9.42. The van der Waals surface area contributed by atoms with Crippen LogP contribution in [0.3, 0.4) is 0 Å². The molecule has 0 saturated heterocycles. The van der Waals surface area contributed by atoms with Crippen molar-refractivity contribution < 1.29 is 9.94 Å². The molecule has 0 fully saturated rings. The maximum absolute atomic E-state index is 9.41. The maximum atomic E-state index is 9.41. The van der Waals surface area contributed by atoms with E-state index in [9.17, 15) is 5.11 Å². The van der Waals surface area contributed by atoms with Crippen LogP contribution in [-0.4, -0.2) is 25.8 Å². The van der Waals surface area contributed by atoms with Crippen LogP contribution >= 0.6 is 11.6 Å². The van der Waals surface area contributed by atoms with Gasteiger partial charge in [-0.05, 0) is 6.92 Å². The van der Waals surface area contributed by atoms with Crippen molar-refractivity contribution in [2.75, 3.05) is 6.61 Å². The van der Waals surface area contributed by atoms with Gasteiger partial charge in [0.1, 0.15) is 12.9 Å². The molecule has 2 aromatic heterocycles. The van der Waals surface area contributed by atoms with Gasteiger partial charge in [-0.25, -0.2) is 4.98 Å². The molecule has 0 aromatic carbocycles. The molecule has 0 radical (unpaired) electrons. The molecule has 0 aliphatic heterocycles. The first-order valence-corrected chi connectivity index (χ1v) is 4.18. The van der Waals surface area contributed by atoms with Gasteiger partial charge in [-0.2, -0.15) is 0 Å². The fraction of sp³-hybridized carbons (Fsp3) is 0.286. The van der Waals surface area contributed by atoms with Crippen LogP contribution in [0.25, 0.3) is 5.65 Å². The minimum Gasteiger partial charge on any atom is -0.491 e. The van der Waals surface area contributed by atoms with E-state index in [4.69, 9.17) is 16.4 Å². The van der Waals surface area contributed by atoms with Gasteiger partial charge in [0.2, 0.25) is 5.88 Å². The average molecular weight is 202 g/mol. The summed E-state index contributed by atoms with van der Waals surface area (Å²) in [5.41, 5.74) is 0.529. The lowest BCUT2D eigenvalue weighted by Gasteiger charge is -2.03. The van der Waals surface area contributed by atoms with Crippen molar-refractivity contribution in [1.29, 1.82) is 0 Å². The Balaban J connectivity index is 2.67. The minimum atomic E-state index is 0.00106. The van der Waals surface area contributed by atoms with Gasteiger partial charge in [0.25, 0.3) is 0 Å². The predicted molar refractivity (Wildman–Crippen MR) is 47.0 cm³/mol. The van der Waals surface area contributed by atoms with Crippen molar-refractivity contribution in [3.63, 3.8) is 0 Å². The molecule has 0 unspecified atom stereocenters. The Bertz CT molecular complexity index is 434. The first-order valence-electron chi connectivity index (χ1n) is 3.80. The topological polar surface area (TPSA) is 51.7 Å². The molecule has 5 nitrogen and oxygen atoms in total. The summed E-state index contributed by atoms with van der Waals surface area (Å²) in [6.45, 7) is 2.26. The lowest BCUT2D eigenvalue weighted by molar-refractivity contribution is 0.111. The second-order valence-electron chi connectivity index (χ2n) is 2.47. The molecule has 2 aromatic rings. The summed E-state index contributed by atoms with van der Waals surface area (Å²) < 4.78 is 2.84. The van der Waals surface area contributed by atoms with E-state index in [0.29, 0.717) is 17.4 Å². The van der Waals surface area contributed by atoms with Crippen molar-refractivity contribution in [3.8, 4) is 5.88 Å². The molecular formula is C7H8ClN3O2. The Morgan fingerprint density at radius 3 is 3.15 bits per heavy atom. The number of nitrogens with zero attached hydrogens (tertiary/aromatic N) is 3. The summed E-state index contributed by atoms with van der Waals surface area (Å²) in [4.78, 5) is 9.01. The summed E-state index contributed by atoms with van der Waals surface area (Å²) in [5.74, 6) is 0.00106. The molecule has 1 N–H and O–H groups in total. The van der Waals surface area contributed by atoms with E-state index >= 15 is 0 Å². The smallest absolute Gasteiger partial charge is 0.244 e. The molecule has 0 amide bonds. The summed E-state index contributed by atoms with van der Waals surface area (Å²) >= 11 is 5.78. The van der Waals surface area contributed by atoms with Gasteiger partial charge in [0.05, 0.1) is 6.20 Å². The molecular weight excluding hydrogens is 194 g/mol. The SMILES string of the molecule is CCOn1c(O)cn2cnc(Cl)c12. The molecule has 0 spiro atoms. The van der Waals surface area contributed by atoms with Crippen molar-refractivity contribution in [3.05, 3.63) is 17.7 Å². The second-order valence-corrected chi connectivity index (χ2v) is 2.82. The number of fused-ring (bicyclic) bond motifs is 1. The third kappa shape index (κ3) is 1.12. The van der Waals surface area contributed by atoms with Crippen LogP contribution in [0.15, 0.2) is 12.5 Å². The van der Waals surface area contributed by atoms with Crippen LogP contribution in [-0.2, 0) is 0 Å². The highest BCUT2D eigenvalue weighted by Gasteiger charge is 2.12. The Hall–Kier alpha value is -1.36. The lowest BCUT2D eigenvalue weighted by Crippen LogP contribution is -2.09. The fourth-order valence-electron chi connectivity index (χ4n) is 1.16. The first-order chi connectivity index (χ1) is 6.24. The quantitative estimate of drug-likeness (QED) is 0.787. The van der Waals surface area contributed by atoms with Crippen LogP contribution in [0.5, 0.6) is 5.88 Å². The Morgan fingerprint density at radius 1 is 1.69 bits per heavy atom. The van der Waals surface area contributed by atoms with Gasteiger partial charge in [-0.15, -0.1) is 4.73 Å². The number of halogens is 1.